The first-order chi connectivity index (χ1) is 21.7. The number of hydrogen-bond donors (Lipinski definition) is 2. The van der Waals surface area contributed by atoms with Gasteiger partial charge in [0.15, 0.2) is 18.2 Å². The van der Waals surface area contributed by atoms with Crippen molar-refractivity contribution in [3.05, 3.63) is 69.8 Å². The maximum absolute atomic E-state index is 13.7. The molecule has 6 unspecified atom stereocenters. The predicted molar refractivity (Wildman–Crippen MR) is 156 cm³/mol. The van der Waals surface area contributed by atoms with Crippen molar-refractivity contribution >= 4 is 22.8 Å². The van der Waals surface area contributed by atoms with Crippen LogP contribution in [-0.4, -0.2) is 79.1 Å². The number of aryl methyl sites for hydroxylation is 1. The lowest BCUT2D eigenvalue weighted by Crippen LogP contribution is -2.69. The molecule has 11 nitrogen and oxygen atoms in total. The van der Waals surface area contributed by atoms with Crippen molar-refractivity contribution in [2.45, 2.75) is 68.5 Å². The van der Waals surface area contributed by atoms with Gasteiger partial charge < -0.3 is 43.4 Å². The van der Waals surface area contributed by atoms with E-state index in [4.69, 9.17) is 33.2 Å². The van der Waals surface area contributed by atoms with Gasteiger partial charge in [0.1, 0.15) is 23.7 Å². The fourth-order valence-electron chi connectivity index (χ4n) is 7.95. The number of aldehydes is 1. The van der Waals surface area contributed by atoms with E-state index in [2.05, 4.69) is 0 Å². The summed E-state index contributed by atoms with van der Waals surface area (Å²) in [5, 5.41) is 23.3. The highest BCUT2D eigenvalue weighted by Crippen LogP contribution is 2.70. The standard InChI is InChI=1S/C34H34O11/c1-16-9-20-21(29-26(16)30-31-33(38,43-29)32(15-42-32)34(44-30,45-31)25(13-36)40-4)11-22-27(23(20)12-35)24(10-17(2)28(22)37)41-14-18-5-7-19(39-3)8-6-18/h5-9,11-12,17,24-25,30-31,36,38H,10,13-15H2,1-4H3/t17-,24+,25?,30?,31?,32?,33?,34?/m1/s1. The van der Waals surface area contributed by atoms with Crippen molar-refractivity contribution in [3.63, 3.8) is 0 Å². The molecule has 5 aliphatic rings. The molecule has 8 rings (SSSR count). The monoisotopic (exact) mass is 618 g/mol. The van der Waals surface area contributed by atoms with E-state index in [-0.39, 0.29) is 24.9 Å². The molecule has 4 heterocycles. The molecule has 8 atom stereocenters. The number of fused-ring (bicyclic) bond motifs is 8. The summed E-state index contributed by atoms with van der Waals surface area (Å²) in [7, 11) is 3.03. The SMILES string of the molecule is COc1ccc(CO[C@H]2C[C@@H](C)C(=O)c3cc4c5c(c(C)cc4c(C=O)c32)C2OC3(C(CO)OC)OC2C(O)(O5)C32CO2)cc1. The highest BCUT2D eigenvalue weighted by molar-refractivity contribution is 6.11. The number of Topliss-reactive ketones (excluding diaryl/α,β-unsaturated/α-hetero) is 1. The molecule has 45 heavy (non-hydrogen) atoms. The Kier molecular flexibility index (Phi) is 6.31. The van der Waals surface area contributed by atoms with Crippen LogP contribution in [0.3, 0.4) is 0 Å². The van der Waals surface area contributed by atoms with Gasteiger partial charge in [0.2, 0.25) is 11.4 Å². The lowest BCUT2D eigenvalue weighted by molar-refractivity contribution is -0.307. The number of methoxy groups -OCH3 is 2. The van der Waals surface area contributed by atoms with E-state index in [1.165, 1.54) is 7.11 Å². The maximum atomic E-state index is 13.7. The quantitative estimate of drug-likeness (QED) is 0.283. The third-order valence-electron chi connectivity index (χ3n) is 10.3. The fraction of sp³-hybridized carbons (Fsp3) is 0.471. The van der Waals surface area contributed by atoms with E-state index in [0.717, 1.165) is 23.2 Å². The molecule has 0 radical (unpaired) electrons. The second-order valence-corrected chi connectivity index (χ2v) is 12.6. The van der Waals surface area contributed by atoms with Crippen LogP contribution in [-0.2, 0) is 30.3 Å². The summed E-state index contributed by atoms with van der Waals surface area (Å²) in [6.45, 7) is 3.64. The second kappa shape index (κ2) is 9.79. The summed E-state index contributed by atoms with van der Waals surface area (Å²) in [6, 6.07) is 11.2. The molecule has 0 aromatic heterocycles. The van der Waals surface area contributed by atoms with Gasteiger partial charge in [-0.15, -0.1) is 0 Å². The molecule has 4 aliphatic heterocycles. The molecule has 3 saturated heterocycles. The molecule has 1 spiro atoms. The number of benzene rings is 3. The topological polar surface area (TPSA) is 143 Å². The van der Waals surface area contributed by atoms with Gasteiger partial charge >= 0.3 is 0 Å². The molecule has 1 aliphatic carbocycles. The summed E-state index contributed by atoms with van der Waals surface area (Å²) < 4.78 is 42.3. The van der Waals surface area contributed by atoms with Crippen LogP contribution >= 0.6 is 0 Å². The molecular weight excluding hydrogens is 584 g/mol. The summed E-state index contributed by atoms with van der Waals surface area (Å²) in [4.78, 5) is 26.6. The van der Waals surface area contributed by atoms with Crippen molar-refractivity contribution in [3.8, 4) is 11.5 Å². The Hall–Kier alpha value is -3.42. The zero-order valence-electron chi connectivity index (χ0n) is 25.3. The van der Waals surface area contributed by atoms with E-state index < -0.39 is 48.2 Å². The first-order valence-corrected chi connectivity index (χ1v) is 15.1. The van der Waals surface area contributed by atoms with Crippen molar-refractivity contribution < 1.29 is 53.0 Å². The number of hydrogen-bond acceptors (Lipinski definition) is 11. The second-order valence-electron chi connectivity index (χ2n) is 12.6. The summed E-state index contributed by atoms with van der Waals surface area (Å²) in [6.07, 6.45) is -2.01. The van der Waals surface area contributed by atoms with Crippen LogP contribution in [0.15, 0.2) is 36.4 Å². The van der Waals surface area contributed by atoms with Gasteiger partial charge in [-0.05, 0) is 48.1 Å². The van der Waals surface area contributed by atoms with Crippen molar-refractivity contribution in [2.24, 2.45) is 5.92 Å². The minimum Gasteiger partial charge on any atom is -0.497 e. The van der Waals surface area contributed by atoms with Gasteiger partial charge in [-0.2, -0.15) is 0 Å². The summed E-state index contributed by atoms with van der Waals surface area (Å²) in [5.74, 6) is -2.99. The molecule has 0 amide bonds. The van der Waals surface area contributed by atoms with Crippen LogP contribution in [0.2, 0.25) is 0 Å². The molecule has 3 fully saturated rings. The number of ketones is 1. The number of aliphatic hydroxyl groups is 2. The Labute approximate surface area is 258 Å². The Bertz CT molecular complexity index is 1740. The highest BCUT2D eigenvalue weighted by Gasteiger charge is 2.92. The van der Waals surface area contributed by atoms with E-state index in [0.29, 0.717) is 45.2 Å². The Balaban J connectivity index is 1.26. The normalized spacial score (nSPS) is 34.4. The largest absolute Gasteiger partial charge is 0.497 e. The van der Waals surface area contributed by atoms with Crippen LogP contribution in [0.4, 0.5) is 0 Å². The van der Waals surface area contributed by atoms with E-state index in [1.807, 2.05) is 44.2 Å². The smallest absolute Gasteiger partial charge is 0.274 e. The fourth-order valence-corrected chi connectivity index (χ4v) is 7.95. The van der Waals surface area contributed by atoms with Gasteiger partial charge in [-0.25, -0.2) is 0 Å². The van der Waals surface area contributed by atoms with E-state index in [1.54, 1.807) is 13.2 Å². The zero-order chi connectivity index (χ0) is 31.5. The van der Waals surface area contributed by atoms with Crippen LogP contribution < -0.4 is 9.47 Å². The van der Waals surface area contributed by atoms with Crippen LogP contribution in [0.25, 0.3) is 10.8 Å². The Morgan fingerprint density at radius 1 is 1.11 bits per heavy atom. The van der Waals surface area contributed by atoms with Gasteiger partial charge in [-0.1, -0.05) is 25.1 Å². The maximum Gasteiger partial charge on any atom is 0.274 e. The molecule has 2 bridgehead atoms. The molecule has 2 N–H and O–H groups in total. The van der Waals surface area contributed by atoms with E-state index >= 15 is 0 Å². The Morgan fingerprint density at radius 2 is 1.87 bits per heavy atom. The third kappa shape index (κ3) is 3.60. The number of aliphatic hydroxyl groups excluding tert-OH is 1. The van der Waals surface area contributed by atoms with Gasteiger partial charge in [0, 0.05) is 40.7 Å². The molecule has 11 heteroatoms. The minimum absolute atomic E-state index is 0.0594. The van der Waals surface area contributed by atoms with Crippen LogP contribution in [0, 0.1) is 12.8 Å². The average molecular weight is 619 g/mol. The first-order valence-electron chi connectivity index (χ1n) is 15.1. The van der Waals surface area contributed by atoms with Crippen LogP contribution in [0.1, 0.15) is 68.5 Å². The van der Waals surface area contributed by atoms with Crippen molar-refractivity contribution in [2.75, 3.05) is 27.4 Å². The van der Waals surface area contributed by atoms with Crippen LogP contribution in [0.5, 0.6) is 11.5 Å². The third-order valence-corrected chi connectivity index (χ3v) is 10.3. The summed E-state index contributed by atoms with van der Waals surface area (Å²) >= 11 is 0. The molecule has 236 valence electrons. The number of carbonyl (C=O) groups is 2. The molecule has 3 aromatic carbocycles. The summed E-state index contributed by atoms with van der Waals surface area (Å²) in [5.41, 5.74) is 2.14. The lowest BCUT2D eigenvalue weighted by Gasteiger charge is -2.47. The zero-order valence-corrected chi connectivity index (χ0v) is 25.3. The van der Waals surface area contributed by atoms with Crippen molar-refractivity contribution in [1.82, 2.24) is 0 Å². The molecule has 3 aromatic rings. The van der Waals surface area contributed by atoms with E-state index in [9.17, 15) is 19.8 Å². The lowest BCUT2D eigenvalue weighted by atomic mass is 9.75. The number of carbonyl (C=O) groups excluding carboxylic acids is 2. The number of rotatable bonds is 8. The average Bonchev–Trinajstić information content (AvgIpc) is 3.73. The number of epoxide rings is 1. The molecule has 0 saturated carbocycles. The van der Waals surface area contributed by atoms with Gasteiger partial charge in [-0.3, -0.25) is 9.59 Å². The number of ether oxygens (including phenoxy) is 7. The first kappa shape index (κ1) is 29.0. The van der Waals surface area contributed by atoms with Gasteiger partial charge in [0.05, 0.1) is 33.0 Å². The Morgan fingerprint density at radius 3 is 2.51 bits per heavy atom. The highest BCUT2D eigenvalue weighted by atomic mass is 16.9. The molecular formula is C34H34O11. The van der Waals surface area contributed by atoms with Gasteiger partial charge in [0.25, 0.3) is 5.79 Å². The minimum atomic E-state index is -1.98. The predicted octanol–water partition coefficient (Wildman–Crippen LogP) is 3.47. The van der Waals surface area contributed by atoms with Crippen molar-refractivity contribution in [1.29, 1.82) is 0 Å².